The lowest BCUT2D eigenvalue weighted by atomic mass is 9.72. The van der Waals surface area contributed by atoms with Gasteiger partial charge >= 0.3 is 5.97 Å². The molecule has 8 nitrogen and oxygen atoms in total. The van der Waals surface area contributed by atoms with Crippen molar-refractivity contribution in [1.29, 1.82) is 0 Å². The number of nitrogens with one attached hydrogen (secondary N) is 1. The largest absolute Gasteiger partial charge is 0.480 e. The fourth-order valence-corrected chi connectivity index (χ4v) is 4.06. The fourth-order valence-electron chi connectivity index (χ4n) is 4.06. The van der Waals surface area contributed by atoms with Gasteiger partial charge in [-0.05, 0) is 24.7 Å². The zero-order chi connectivity index (χ0) is 17.3. The molecule has 24 heavy (non-hydrogen) atoms. The van der Waals surface area contributed by atoms with Gasteiger partial charge in [0.25, 0.3) is 0 Å². The molecule has 2 N–H and O–H groups in total. The van der Waals surface area contributed by atoms with E-state index in [1.807, 2.05) is 4.90 Å². The Morgan fingerprint density at radius 2 is 1.92 bits per heavy atom. The van der Waals surface area contributed by atoms with Crippen LogP contribution in [0.5, 0.6) is 0 Å². The topological polar surface area (TPSA) is 107 Å². The molecule has 0 aromatic carbocycles. The van der Waals surface area contributed by atoms with Crippen LogP contribution in [0.1, 0.15) is 32.1 Å². The van der Waals surface area contributed by atoms with E-state index in [1.54, 1.807) is 0 Å². The summed E-state index contributed by atoms with van der Waals surface area (Å²) in [6.07, 6.45) is 2.95. The van der Waals surface area contributed by atoms with Crippen molar-refractivity contribution in [1.82, 2.24) is 15.1 Å². The maximum atomic E-state index is 12.5. The minimum absolute atomic E-state index is 0.0254. The summed E-state index contributed by atoms with van der Waals surface area (Å²) in [7, 11) is 0. The third-order valence-corrected chi connectivity index (χ3v) is 5.54. The number of likely N-dealkylation sites (tertiary alicyclic amines) is 2. The summed E-state index contributed by atoms with van der Waals surface area (Å²) in [6.45, 7) is 1.85. The van der Waals surface area contributed by atoms with Crippen LogP contribution in [0, 0.1) is 11.3 Å². The summed E-state index contributed by atoms with van der Waals surface area (Å²) in [5, 5.41) is 11.6. The molecule has 3 aliphatic rings. The average molecular weight is 337 g/mol. The molecule has 0 radical (unpaired) electrons. The van der Waals surface area contributed by atoms with Crippen molar-refractivity contribution in [3.63, 3.8) is 0 Å². The number of hydrogen-bond acceptors (Lipinski definition) is 4. The van der Waals surface area contributed by atoms with Gasteiger partial charge in [-0.2, -0.15) is 0 Å². The molecule has 3 saturated heterocycles. The molecule has 8 heteroatoms. The highest BCUT2D eigenvalue weighted by molar-refractivity contribution is 5.89. The fraction of sp³-hybridized carbons (Fsp3) is 0.750. The highest BCUT2D eigenvalue weighted by Crippen LogP contribution is 2.40. The average Bonchev–Trinajstić information content (AvgIpc) is 2.97. The van der Waals surface area contributed by atoms with Gasteiger partial charge in [-0.15, -0.1) is 0 Å². The number of piperidine rings is 2. The van der Waals surface area contributed by atoms with Crippen LogP contribution in [0.4, 0.5) is 0 Å². The first-order valence-electron chi connectivity index (χ1n) is 8.44. The molecular formula is C16H23N3O5. The van der Waals surface area contributed by atoms with Crippen molar-refractivity contribution in [2.75, 3.05) is 32.7 Å². The molecule has 3 fully saturated rings. The molecule has 0 aliphatic carbocycles. The van der Waals surface area contributed by atoms with Crippen LogP contribution < -0.4 is 5.32 Å². The Hall–Kier alpha value is -2.12. The Bertz CT molecular complexity index is 568. The molecule has 0 saturated carbocycles. The molecule has 0 unspecified atom stereocenters. The van der Waals surface area contributed by atoms with E-state index < -0.39 is 5.97 Å². The number of aliphatic carboxylic acids is 1. The van der Waals surface area contributed by atoms with Gasteiger partial charge in [-0.3, -0.25) is 19.2 Å². The maximum Gasteiger partial charge on any atom is 0.323 e. The van der Waals surface area contributed by atoms with E-state index in [9.17, 15) is 19.2 Å². The highest BCUT2D eigenvalue weighted by atomic mass is 16.4. The molecule has 0 aromatic rings. The predicted molar refractivity (Wildman–Crippen MR) is 82.8 cm³/mol. The Morgan fingerprint density at radius 3 is 2.50 bits per heavy atom. The Morgan fingerprint density at radius 1 is 1.21 bits per heavy atom. The van der Waals surface area contributed by atoms with E-state index in [1.165, 1.54) is 4.90 Å². The van der Waals surface area contributed by atoms with Gasteiger partial charge in [-0.25, -0.2) is 0 Å². The van der Waals surface area contributed by atoms with Crippen molar-refractivity contribution in [3.05, 3.63) is 0 Å². The normalized spacial score (nSPS) is 26.6. The molecule has 3 aliphatic heterocycles. The van der Waals surface area contributed by atoms with E-state index in [0.29, 0.717) is 32.6 Å². The first-order valence-corrected chi connectivity index (χ1v) is 8.44. The Kier molecular flexibility index (Phi) is 4.47. The van der Waals surface area contributed by atoms with Crippen LogP contribution in [0.25, 0.3) is 0 Å². The van der Waals surface area contributed by atoms with Crippen molar-refractivity contribution >= 4 is 23.7 Å². The minimum atomic E-state index is -0.994. The van der Waals surface area contributed by atoms with Gasteiger partial charge in [-0.1, -0.05) is 0 Å². The van der Waals surface area contributed by atoms with Gasteiger partial charge in [0.15, 0.2) is 0 Å². The zero-order valence-electron chi connectivity index (χ0n) is 13.6. The summed E-state index contributed by atoms with van der Waals surface area (Å²) >= 11 is 0. The number of carbonyl (C=O) groups is 4. The van der Waals surface area contributed by atoms with Crippen LogP contribution in [-0.2, 0) is 19.2 Å². The minimum Gasteiger partial charge on any atom is -0.480 e. The number of hydrogen-bond donors (Lipinski definition) is 2. The summed E-state index contributed by atoms with van der Waals surface area (Å²) in [6, 6.07) is 0. The van der Waals surface area contributed by atoms with E-state index in [-0.39, 0.29) is 42.0 Å². The van der Waals surface area contributed by atoms with E-state index >= 15 is 0 Å². The molecule has 0 aromatic heterocycles. The monoisotopic (exact) mass is 337 g/mol. The molecule has 0 bridgehead atoms. The van der Waals surface area contributed by atoms with Gasteiger partial charge < -0.3 is 20.2 Å². The third-order valence-electron chi connectivity index (χ3n) is 5.54. The molecule has 3 rings (SSSR count). The highest BCUT2D eigenvalue weighted by Gasteiger charge is 2.43. The lowest BCUT2D eigenvalue weighted by Gasteiger charge is -2.47. The first-order chi connectivity index (χ1) is 11.4. The standard InChI is InChI=1S/C16H23N3O5/c20-12-7-11(8-17-12)15(24)18-5-3-16(4-6-18)2-1-13(21)19(10-16)9-14(22)23/h11H,1-10H2,(H,17,20)(H,22,23)/t11-/m0/s1. The van der Waals surface area contributed by atoms with Gasteiger partial charge in [0.1, 0.15) is 6.54 Å². The van der Waals surface area contributed by atoms with Gasteiger partial charge in [0.05, 0.1) is 5.92 Å². The van der Waals surface area contributed by atoms with E-state index in [4.69, 9.17) is 5.11 Å². The second-order valence-corrected chi connectivity index (χ2v) is 7.17. The molecule has 132 valence electrons. The van der Waals surface area contributed by atoms with Crippen molar-refractivity contribution in [3.8, 4) is 0 Å². The van der Waals surface area contributed by atoms with Crippen LogP contribution in [0.3, 0.4) is 0 Å². The summed E-state index contributed by atoms with van der Waals surface area (Å²) in [5.41, 5.74) is -0.0795. The first kappa shape index (κ1) is 16.7. The van der Waals surface area contributed by atoms with Crippen LogP contribution >= 0.6 is 0 Å². The molecule has 1 atom stereocenters. The van der Waals surface area contributed by atoms with Crippen molar-refractivity contribution < 1.29 is 24.3 Å². The van der Waals surface area contributed by atoms with Crippen molar-refractivity contribution in [2.24, 2.45) is 11.3 Å². The van der Waals surface area contributed by atoms with E-state index in [0.717, 1.165) is 19.3 Å². The van der Waals surface area contributed by atoms with E-state index in [2.05, 4.69) is 5.32 Å². The van der Waals surface area contributed by atoms with Gasteiger partial charge in [0, 0.05) is 39.0 Å². The molecular weight excluding hydrogens is 314 g/mol. The second kappa shape index (κ2) is 6.41. The van der Waals surface area contributed by atoms with Crippen molar-refractivity contribution in [2.45, 2.75) is 32.1 Å². The maximum absolute atomic E-state index is 12.5. The summed E-state index contributed by atoms with van der Waals surface area (Å²) in [4.78, 5) is 49.8. The van der Waals surface area contributed by atoms with Gasteiger partial charge in [0.2, 0.25) is 17.7 Å². The number of carboxylic acid groups (broad SMARTS) is 1. The zero-order valence-corrected chi connectivity index (χ0v) is 13.6. The number of rotatable bonds is 3. The lowest BCUT2D eigenvalue weighted by Crippen LogP contribution is -2.54. The quantitative estimate of drug-likeness (QED) is 0.718. The molecule has 3 amide bonds. The lowest BCUT2D eigenvalue weighted by molar-refractivity contribution is -0.150. The molecule has 1 spiro atoms. The summed E-state index contributed by atoms with van der Waals surface area (Å²) < 4.78 is 0. The van der Waals surface area contributed by atoms with Crippen LogP contribution in [0.2, 0.25) is 0 Å². The SMILES string of the molecule is O=C(O)CN1CC2(CCC1=O)CCN(C(=O)[C@@H]1CNC(=O)C1)CC2. The predicted octanol–water partition coefficient (Wildman–Crippen LogP) is -0.562. The second-order valence-electron chi connectivity index (χ2n) is 7.17. The summed E-state index contributed by atoms with van der Waals surface area (Å²) in [5.74, 6) is -1.40. The number of nitrogens with zero attached hydrogens (tertiary/aromatic N) is 2. The number of carboxylic acids is 1. The third kappa shape index (κ3) is 3.37. The number of amides is 3. The smallest absolute Gasteiger partial charge is 0.323 e. The number of carbonyl (C=O) groups excluding carboxylic acids is 3. The van der Waals surface area contributed by atoms with Crippen LogP contribution in [0.15, 0.2) is 0 Å². The van der Waals surface area contributed by atoms with Crippen LogP contribution in [-0.4, -0.2) is 71.3 Å². The molecule has 3 heterocycles. The Labute approximate surface area is 140 Å². The Balaban J connectivity index is 1.57.